The maximum absolute atomic E-state index is 11.7. The Hall–Kier alpha value is -2.61. The zero-order valence-corrected chi connectivity index (χ0v) is 10.5. The van der Waals surface area contributed by atoms with Gasteiger partial charge in [0, 0.05) is 12.7 Å². The SMILES string of the molecule is CC(Cn1cc(C#N)c(=O)[nH]c1=O)c1ccccc1. The van der Waals surface area contributed by atoms with Crippen LogP contribution < -0.4 is 11.2 Å². The van der Waals surface area contributed by atoms with E-state index in [-0.39, 0.29) is 11.5 Å². The highest BCUT2D eigenvalue weighted by atomic mass is 16.2. The first-order valence-corrected chi connectivity index (χ1v) is 5.90. The van der Waals surface area contributed by atoms with Gasteiger partial charge < -0.3 is 0 Å². The van der Waals surface area contributed by atoms with Crippen molar-refractivity contribution < 1.29 is 0 Å². The van der Waals surface area contributed by atoms with Crippen LogP contribution in [-0.4, -0.2) is 9.55 Å². The number of nitrogens with zero attached hydrogens (tertiary/aromatic N) is 2. The second kappa shape index (κ2) is 5.36. The number of nitriles is 1. The van der Waals surface area contributed by atoms with Gasteiger partial charge in [-0.05, 0) is 11.5 Å². The molecule has 96 valence electrons. The Morgan fingerprint density at radius 3 is 2.63 bits per heavy atom. The Labute approximate surface area is 109 Å². The van der Waals surface area contributed by atoms with Gasteiger partial charge in [0.05, 0.1) is 0 Å². The Morgan fingerprint density at radius 2 is 2.00 bits per heavy atom. The summed E-state index contributed by atoms with van der Waals surface area (Å²) < 4.78 is 1.36. The van der Waals surface area contributed by atoms with Gasteiger partial charge in [-0.2, -0.15) is 5.26 Å². The van der Waals surface area contributed by atoms with Crippen LogP contribution in [0.4, 0.5) is 0 Å². The van der Waals surface area contributed by atoms with Gasteiger partial charge in [0.1, 0.15) is 11.6 Å². The molecule has 1 heterocycles. The second-order valence-corrected chi connectivity index (χ2v) is 4.38. The molecule has 5 nitrogen and oxygen atoms in total. The molecule has 0 radical (unpaired) electrons. The van der Waals surface area contributed by atoms with E-state index in [1.165, 1.54) is 10.8 Å². The van der Waals surface area contributed by atoms with Gasteiger partial charge in [0.25, 0.3) is 5.56 Å². The zero-order valence-electron chi connectivity index (χ0n) is 10.5. The number of nitrogens with one attached hydrogen (secondary N) is 1. The molecule has 0 amide bonds. The molecular formula is C14H13N3O2. The summed E-state index contributed by atoms with van der Waals surface area (Å²) in [6.07, 6.45) is 1.31. The van der Waals surface area contributed by atoms with Crippen molar-refractivity contribution in [2.75, 3.05) is 0 Å². The lowest BCUT2D eigenvalue weighted by atomic mass is 10.0. The maximum Gasteiger partial charge on any atom is 0.328 e. The van der Waals surface area contributed by atoms with Crippen molar-refractivity contribution in [1.29, 1.82) is 5.26 Å². The summed E-state index contributed by atoms with van der Waals surface area (Å²) in [6, 6.07) is 11.5. The van der Waals surface area contributed by atoms with Gasteiger partial charge in [-0.1, -0.05) is 37.3 Å². The molecule has 2 rings (SSSR count). The molecule has 1 aromatic carbocycles. The second-order valence-electron chi connectivity index (χ2n) is 4.38. The topological polar surface area (TPSA) is 78.7 Å². The van der Waals surface area contributed by atoms with Crippen LogP contribution in [0.5, 0.6) is 0 Å². The third kappa shape index (κ3) is 2.80. The van der Waals surface area contributed by atoms with E-state index >= 15 is 0 Å². The van der Waals surface area contributed by atoms with E-state index in [9.17, 15) is 9.59 Å². The number of hydrogen-bond acceptors (Lipinski definition) is 3. The molecule has 0 spiro atoms. The highest BCUT2D eigenvalue weighted by molar-refractivity contribution is 5.22. The monoisotopic (exact) mass is 255 g/mol. The zero-order chi connectivity index (χ0) is 13.8. The van der Waals surface area contributed by atoms with E-state index in [4.69, 9.17) is 5.26 Å². The van der Waals surface area contributed by atoms with Gasteiger partial charge in [-0.15, -0.1) is 0 Å². The van der Waals surface area contributed by atoms with Crippen molar-refractivity contribution in [1.82, 2.24) is 9.55 Å². The van der Waals surface area contributed by atoms with Gasteiger partial charge in [0.2, 0.25) is 0 Å². The fourth-order valence-corrected chi connectivity index (χ4v) is 1.91. The molecule has 5 heteroatoms. The smallest absolute Gasteiger partial charge is 0.299 e. The molecule has 2 aromatic rings. The first-order valence-electron chi connectivity index (χ1n) is 5.90. The number of aromatic amines is 1. The van der Waals surface area contributed by atoms with Gasteiger partial charge >= 0.3 is 5.69 Å². The summed E-state index contributed by atoms with van der Waals surface area (Å²) in [7, 11) is 0. The summed E-state index contributed by atoms with van der Waals surface area (Å²) >= 11 is 0. The molecule has 0 saturated carbocycles. The molecule has 0 saturated heterocycles. The van der Waals surface area contributed by atoms with E-state index in [2.05, 4.69) is 4.98 Å². The molecule has 0 aliphatic carbocycles. The molecule has 1 N–H and O–H groups in total. The summed E-state index contributed by atoms with van der Waals surface area (Å²) in [5, 5.41) is 8.80. The van der Waals surface area contributed by atoms with Crippen molar-refractivity contribution in [3.63, 3.8) is 0 Å². The first-order chi connectivity index (χ1) is 9.11. The average molecular weight is 255 g/mol. The van der Waals surface area contributed by atoms with E-state index in [1.54, 1.807) is 6.07 Å². The lowest BCUT2D eigenvalue weighted by Crippen LogP contribution is -2.32. The van der Waals surface area contributed by atoms with Crippen LogP contribution in [0.3, 0.4) is 0 Å². The maximum atomic E-state index is 11.7. The van der Waals surface area contributed by atoms with Crippen LogP contribution in [0.25, 0.3) is 0 Å². The number of hydrogen-bond donors (Lipinski definition) is 1. The van der Waals surface area contributed by atoms with Gasteiger partial charge in [-0.3, -0.25) is 14.3 Å². The summed E-state index contributed by atoms with van der Waals surface area (Å²) in [5.41, 5.74) is -0.0955. The lowest BCUT2D eigenvalue weighted by molar-refractivity contribution is 0.565. The van der Waals surface area contributed by atoms with Crippen LogP contribution in [0.2, 0.25) is 0 Å². The lowest BCUT2D eigenvalue weighted by Gasteiger charge is -2.13. The minimum absolute atomic E-state index is 0.0557. The van der Waals surface area contributed by atoms with E-state index in [1.807, 2.05) is 37.3 Å². The number of benzene rings is 1. The predicted molar refractivity (Wildman–Crippen MR) is 70.9 cm³/mol. The highest BCUT2D eigenvalue weighted by Gasteiger charge is 2.09. The largest absolute Gasteiger partial charge is 0.328 e. The van der Waals surface area contributed by atoms with E-state index in [0.717, 1.165) is 5.56 Å². The summed E-state index contributed by atoms with van der Waals surface area (Å²) in [5.74, 6) is 0.108. The minimum Gasteiger partial charge on any atom is -0.299 e. The van der Waals surface area contributed by atoms with Crippen molar-refractivity contribution >= 4 is 0 Å². The Morgan fingerprint density at radius 1 is 1.32 bits per heavy atom. The van der Waals surface area contributed by atoms with Crippen LogP contribution >= 0.6 is 0 Å². The van der Waals surface area contributed by atoms with Crippen LogP contribution in [0, 0.1) is 11.3 Å². The van der Waals surface area contributed by atoms with Gasteiger partial charge in [-0.25, -0.2) is 4.79 Å². The Bertz CT molecular complexity index is 723. The molecule has 1 atom stereocenters. The number of aromatic nitrogens is 2. The molecule has 1 aromatic heterocycles. The van der Waals surface area contributed by atoms with Gasteiger partial charge in [0.15, 0.2) is 0 Å². The Balaban J connectivity index is 2.32. The van der Waals surface area contributed by atoms with E-state index in [0.29, 0.717) is 6.54 Å². The number of H-pyrrole nitrogens is 1. The standard InChI is InChI=1S/C14H13N3O2/c1-10(11-5-3-2-4-6-11)8-17-9-12(7-15)13(18)16-14(17)19/h2-6,9-10H,8H2,1H3,(H,16,18,19). The molecule has 0 aliphatic heterocycles. The quantitative estimate of drug-likeness (QED) is 0.895. The van der Waals surface area contributed by atoms with Crippen LogP contribution in [0.1, 0.15) is 24.0 Å². The molecule has 0 bridgehead atoms. The fourth-order valence-electron chi connectivity index (χ4n) is 1.91. The first kappa shape index (κ1) is 12.8. The Kier molecular flexibility index (Phi) is 3.62. The average Bonchev–Trinajstić information content (AvgIpc) is 2.42. The fraction of sp³-hybridized carbons (Fsp3) is 0.214. The summed E-state index contributed by atoms with van der Waals surface area (Å²) in [4.78, 5) is 25.1. The molecule has 0 aliphatic rings. The third-order valence-electron chi connectivity index (χ3n) is 2.97. The predicted octanol–water partition coefficient (Wildman–Crippen LogP) is 1.21. The third-order valence-corrected chi connectivity index (χ3v) is 2.97. The van der Waals surface area contributed by atoms with Crippen molar-refractivity contribution in [3.05, 3.63) is 68.5 Å². The summed E-state index contributed by atoms with van der Waals surface area (Å²) in [6.45, 7) is 2.40. The minimum atomic E-state index is -0.642. The van der Waals surface area contributed by atoms with Crippen molar-refractivity contribution in [3.8, 4) is 6.07 Å². The van der Waals surface area contributed by atoms with Crippen molar-refractivity contribution in [2.45, 2.75) is 19.4 Å². The van der Waals surface area contributed by atoms with Crippen molar-refractivity contribution in [2.24, 2.45) is 0 Å². The molecular weight excluding hydrogens is 242 g/mol. The van der Waals surface area contributed by atoms with Crippen LogP contribution in [-0.2, 0) is 6.54 Å². The molecule has 1 unspecified atom stereocenters. The van der Waals surface area contributed by atoms with Crippen LogP contribution in [0.15, 0.2) is 46.1 Å². The number of rotatable bonds is 3. The molecule has 0 fully saturated rings. The highest BCUT2D eigenvalue weighted by Crippen LogP contribution is 2.15. The normalized spacial score (nSPS) is 11.8. The van der Waals surface area contributed by atoms with E-state index < -0.39 is 11.2 Å². The molecule has 19 heavy (non-hydrogen) atoms.